The van der Waals surface area contributed by atoms with Crippen molar-refractivity contribution >= 4 is 5.97 Å². The topological polar surface area (TPSA) is 55.8 Å². The van der Waals surface area contributed by atoms with Gasteiger partial charge in [-0.25, -0.2) is 0 Å². The summed E-state index contributed by atoms with van der Waals surface area (Å²) in [5.41, 5.74) is 1.67. The van der Waals surface area contributed by atoms with Gasteiger partial charge >= 0.3 is 5.97 Å². The lowest BCUT2D eigenvalue weighted by molar-refractivity contribution is -0.137. The Morgan fingerprint density at radius 1 is 1.33 bits per heavy atom. The largest absolute Gasteiger partial charge is 0.497 e. The maximum atomic E-state index is 11.0. The molecule has 1 aromatic rings. The van der Waals surface area contributed by atoms with Gasteiger partial charge in [-0.1, -0.05) is 0 Å². The maximum Gasteiger partial charge on any atom is 0.304 e. The molecule has 1 aliphatic carbocycles. The zero-order valence-electron chi connectivity index (χ0n) is 10.9. The average molecular weight is 250 g/mol. The first-order valence-electron chi connectivity index (χ1n) is 5.97. The molecule has 1 saturated carbocycles. The number of benzene rings is 1. The van der Waals surface area contributed by atoms with E-state index in [-0.39, 0.29) is 11.8 Å². The second kappa shape index (κ2) is 4.52. The average Bonchev–Trinajstić information content (AvgIpc) is 3.07. The molecule has 4 heteroatoms. The van der Waals surface area contributed by atoms with Crippen LogP contribution in [-0.2, 0) is 10.2 Å². The van der Waals surface area contributed by atoms with E-state index < -0.39 is 5.97 Å². The Labute approximate surface area is 107 Å². The van der Waals surface area contributed by atoms with Gasteiger partial charge in [0.15, 0.2) is 0 Å². The third kappa shape index (κ3) is 2.15. The summed E-state index contributed by atoms with van der Waals surface area (Å²) in [6.07, 6.45) is 1.93. The molecule has 0 aromatic heterocycles. The SMILES string of the molecule is COc1cc(C)c(OC)c(C2(CC(=O)O)CC2)c1. The summed E-state index contributed by atoms with van der Waals surface area (Å²) in [4.78, 5) is 11.0. The van der Waals surface area contributed by atoms with Gasteiger partial charge < -0.3 is 14.6 Å². The number of hydrogen-bond donors (Lipinski definition) is 1. The Morgan fingerprint density at radius 2 is 2.00 bits per heavy atom. The van der Waals surface area contributed by atoms with E-state index in [9.17, 15) is 4.79 Å². The highest BCUT2D eigenvalue weighted by Gasteiger charge is 2.48. The quantitative estimate of drug-likeness (QED) is 0.872. The molecule has 4 nitrogen and oxygen atoms in total. The fraction of sp³-hybridized carbons (Fsp3) is 0.500. The molecule has 0 unspecified atom stereocenters. The van der Waals surface area contributed by atoms with Gasteiger partial charge in [-0.3, -0.25) is 4.79 Å². The minimum absolute atomic E-state index is 0.149. The number of aryl methyl sites for hydroxylation is 1. The highest BCUT2D eigenvalue weighted by Crippen LogP contribution is 2.55. The lowest BCUT2D eigenvalue weighted by Gasteiger charge is -2.20. The first-order chi connectivity index (χ1) is 8.52. The molecular formula is C14H18O4. The van der Waals surface area contributed by atoms with Crippen LogP contribution >= 0.6 is 0 Å². The molecule has 1 aliphatic rings. The van der Waals surface area contributed by atoms with Crippen molar-refractivity contribution in [3.8, 4) is 11.5 Å². The van der Waals surface area contributed by atoms with Crippen LogP contribution in [0.2, 0.25) is 0 Å². The number of rotatable bonds is 5. The summed E-state index contributed by atoms with van der Waals surface area (Å²) < 4.78 is 10.7. The lowest BCUT2D eigenvalue weighted by atomic mass is 9.90. The molecule has 1 fully saturated rings. The van der Waals surface area contributed by atoms with Gasteiger partial charge in [0.05, 0.1) is 20.6 Å². The minimum Gasteiger partial charge on any atom is -0.497 e. The summed E-state index contributed by atoms with van der Waals surface area (Å²) in [5, 5.41) is 9.04. The standard InChI is InChI=1S/C14H18O4/c1-9-6-10(17-2)7-11(13(9)18-3)14(4-5-14)8-12(15)16/h6-7H,4-5,8H2,1-3H3,(H,15,16). The van der Waals surface area contributed by atoms with E-state index in [2.05, 4.69) is 0 Å². The fourth-order valence-corrected chi connectivity index (χ4v) is 2.51. The Hall–Kier alpha value is -1.71. The van der Waals surface area contributed by atoms with Crippen LogP contribution in [0, 0.1) is 6.92 Å². The molecule has 0 radical (unpaired) electrons. The van der Waals surface area contributed by atoms with Crippen molar-refractivity contribution < 1.29 is 19.4 Å². The van der Waals surface area contributed by atoms with E-state index in [1.807, 2.05) is 19.1 Å². The maximum absolute atomic E-state index is 11.0. The zero-order chi connectivity index (χ0) is 13.3. The molecule has 2 rings (SSSR count). The monoisotopic (exact) mass is 250 g/mol. The van der Waals surface area contributed by atoms with Crippen molar-refractivity contribution in [2.45, 2.75) is 31.6 Å². The summed E-state index contributed by atoms with van der Waals surface area (Å²) in [5.74, 6) is 0.768. The van der Waals surface area contributed by atoms with E-state index in [1.54, 1.807) is 14.2 Å². The second-order valence-corrected chi connectivity index (χ2v) is 4.88. The molecule has 18 heavy (non-hydrogen) atoms. The smallest absolute Gasteiger partial charge is 0.304 e. The van der Waals surface area contributed by atoms with Gasteiger partial charge in [-0.05, 0) is 37.5 Å². The molecule has 0 heterocycles. The van der Waals surface area contributed by atoms with Crippen LogP contribution in [0.3, 0.4) is 0 Å². The Kier molecular flexibility index (Phi) is 3.20. The number of carboxylic acid groups (broad SMARTS) is 1. The van der Waals surface area contributed by atoms with Crippen molar-refractivity contribution in [3.63, 3.8) is 0 Å². The Bertz CT molecular complexity index is 475. The number of aliphatic carboxylic acids is 1. The van der Waals surface area contributed by atoms with E-state index in [4.69, 9.17) is 14.6 Å². The zero-order valence-corrected chi connectivity index (χ0v) is 10.9. The van der Waals surface area contributed by atoms with Gasteiger partial charge in [-0.15, -0.1) is 0 Å². The van der Waals surface area contributed by atoms with Crippen LogP contribution in [0.15, 0.2) is 12.1 Å². The second-order valence-electron chi connectivity index (χ2n) is 4.88. The van der Waals surface area contributed by atoms with E-state index in [0.29, 0.717) is 0 Å². The van der Waals surface area contributed by atoms with Crippen molar-refractivity contribution in [1.82, 2.24) is 0 Å². The van der Waals surface area contributed by atoms with Crippen molar-refractivity contribution in [2.75, 3.05) is 14.2 Å². The summed E-state index contributed by atoms with van der Waals surface area (Å²) >= 11 is 0. The van der Waals surface area contributed by atoms with Crippen molar-refractivity contribution in [2.24, 2.45) is 0 Å². The minimum atomic E-state index is -0.768. The number of carboxylic acids is 1. The van der Waals surface area contributed by atoms with Gasteiger partial charge in [0, 0.05) is 11.0 Å². The summed E-state index contributed by atoms with van der Waals surface area (Å²) in [6, 6.07) is 3.81. The normalized spacial score (nSPS) is 16.2. The molecule has 0 atom stereocenters. The van der Waals surface area contributed by atoms with E-state index in [1.165, 1.54) is 0 Å². The highest BCUT2D eigenvalue weighted by atomic mass is 16.5. The van der Waals surface area contributed by atoms with Gasteiger partial charge in [0.2, 0.25) is 0 Å². The molecule has 0 bridgehead atoms. The predicted molar refractivity (Wildman–Crippen MR) is 67.4 cm³/mol. The molecule has 0 spiro atoms. The number of carbonyl (C=O) groups is 1. The van der Waals surface area contributed by atoms with Crippen molar-refractivity contribution in [3.05, 3.63) is 23.3 Å². The first-order valence-corrected chi connectivity index (χ1v) is 5.97. The molecular weight excluding hydrogens is 232 g/mol. The number of methoxy groups -OCH3 is 2. The fourth-order valence-electron chi connectivity index (χ4n) is 2.51. The summed E-state index contributed by atoms with van der Waals surface area (Å²) in [7, 11) is 3.23. The van der Waals surface area contributed by atoms with Crippen LogP contribution in [0.4, 0.5) is 0 Å². The van der Waals surface area contributed by atoms with Crippen LogP contribution < -0.4 is 9.47 Å². The van der Waals surface area contributed by atoms with Crippen LogP contribution in [0.1, 0.15) is 30.4 Å². The first kappa shape index (κ1) is 12.7. The molecule has 1 N–H and O–H groups in total. The molecule has 0 amide bonds. The van der Waals surface area contributed by atoms with Gasteiger partial charge in [0.25, 0.3) is 0 Å². The van der Waals surface area contributed by atoms with E-state index >= 15 is 0 Å². The molecule has 98 valence electrons. The number of hydrogen-bond acceptors (Lipinski definition) is 3. The highest BCUT2D eigenvalue weighted by molar-refractivity contribution is 5.71. The van der Waals surface area contributed by atoms with E-state index in [0.717, 1.165) is 35.5 Å². The van der Waals surface area contributed by atoms with Gasteiger partial charge in [-0.2, -0.15) is 0 Å². The third-order valence-electron chi connectivity index (χ3n) is 3.60. The molecule has 1 aromatic carbocycles. The summed E-state index contributed by atoms with van der Waals surface area (Å²) in [6.45, 7) is 1.95. The van der Waals surface area contributed by atoms with Crippen LogP contribution in [-0.4, -0.2) is 25.3 Å². The molecule has 0 aliphatic heterocycles. The van der Waals surface area contributed by atoms with Crippen LogP contribution in [0.25, 0.3) is 0 Å². The Balaban J connectivity index is 2.48. The number of ether oxygens (including phenoxy) is 2. The predicted octanol–water partition coefficient (Wildman–Crippen LogP) is 2.52. The van der Waals surface area contributed by atoms with Crippen molar-refractivity contribution in [1.29, 1.82) is 0 Å². The Morgan fingerprint density at radius 3 is 2.44 bits per heavy atom. The third-order valence-corrected chi connectivity index (χ3v) is 3.60. The van der Waals surface area contributed by atoms with Gasteiger partial charge in [0.1, 0.15) is 11.5 Å². The van der Waals surface area contributed by atoms with Crippen LogP contribution in [0.5, 0.6) is 11.5 Å². The molecule has 0 saturated heterocycles. The lowest BCUT2D eigenvalue weighted by Crippen LogP contribution is -2.15.